The molecule has 1 saturated heterocycles. The summed E-state index contributed by atoms with van der Waals surface area (Å²) in [5, 5.41) is 9.47. The second-order valence-electron chi connectivity index (χ2n) is 8.64. The normalized spacial score (nSPS) is 28.7. The molecule has 3 heterocycles. The monoisotopic (exact) mass is 374 g/mol. The second kappa shape index (κ2) is 6.11. The first-order chi connectivity index (χ1) is 12.8. The van der Waals surface area contributed by atoms with Gasteiger partial charge in [-0.1, -0.05) is 26.7 Å². The fourth-order valence-corrected chi connectivity index (χ4v) is 5.27. The fraction of sp³-hybridized carbons (Fsp3) is 0.650. The van der Waals surface area contributed by atoms with Gasteiger partial charge in [0.2, 0.25) is 5.43 Å². The van der Waals surface area contributed by atoms with Crippen LogP contribution >= 0.6 is 0 Å². The highest BCUT2D eigenvalue weighted by atomic mass is 16.5. The lowest BCUT2D eigenvalue weighted by Crippen LogP contribution is -2.55. The number of carbonyl (C=O) groups is 2. The molecular weight excluding hydrogens is 348 g/mol. The molecule has 1 saturated carbocycles. The first-order valence-electron chi connectivity index (χ1n) is 9.76. The molecule has 7 nitrogen and oxygen atoms in total. The Hall–Kier alpha value is -2.31. The van der Waals surface area contributed by atoms with E-state index in [2.05, 4.69) is 6.92 Å². The molecule has 27 heavy (non-hydrogen) atoms. The SMILES string of the molecule is CCCCOc1c2n(cc(C(=O)O)c1=O)C[C@]13CCC[C@](C)(CN1C2=O)C3. The molecule has 2 aliphatic heterocycles. The Morgan fingerprint density at radius 3 is 2.78 bits per heavy atom. The predicted molar refractivity (Wildman–Crippen MR) is 98.4 cm³/mol. The van der Waals surface area contributed by atoms with Gasteiger partial charge in [0.15, 0.2) is 11.4 Å². The molecule has 0 unspecified atom stereocenters. The average Bonchev–Trinajstić information content (AvgIpc) is 2.81. The van der Waals surface area contributed by atoms with Crippen molar-refractivity contribution >= 4 is 11.9 Å². The van der Waals surface area contributed by atoms with Crippen molar-refractivity contribution in [3.8, 4) is 5.75 Å². The van der Waals surface area contributed by atoms with E-state index in [0.29, 0.717) is 13.1 Å². The van der Waals surface area contributed by atoms with E-state index in [0.717, 1.165) is 38.5 Å². The highest BCUT2D eigenvalue weighted by molar-refractivity contribution is 5.98. The van der Waals surface area contributed by atoms with E-state index in [1.54, 1.807) is 4.57 Å². The van der Waals surface area contributed by atoms with Gasteiger partial charge in [-0.3, -0.25) is 9.59 Å². The molecule has 146 valence electrons. The summed E-state index contributed by atoms with van der Waals surface area (Å²) in [5.74, 6) is -1.59. The van der Waals surface area contributed by atoms with Crippen molar-refractivity contribution in [1.82, 2.24) is 9.47 Å². The summed E-state index contributed by atoms with van der Waals surface area (Å²) in [4.78, 5) is 39.6. The second-order valence-corrected chi connectivity index (χ2v) is 8.64. The predicted octanol–water partition coefficient (Wildman–Crippen LogP) is 2.51. The number of hydrogen-bond donors (Lipinski definition) is 1. The third-order valence-corrected chi connectivity index (χ3v) is 6.42. The molecule has 1 spiro atoms. The largest absolute Gasteiger partial charge is 0.487 e. The van der Waals surface area contributed by atoms with E-state index in [1.165, 1.54) is 6.20 Å². The van der Waals surface area contributed by atoms with Crippen molar-refractivity contribution in [2.45, 2.75) is 64.5 Å². The number of carboxylic acids is 1. The summed E-state index contributed by atoms with van der Waals surface area (Å²) in [7, 11) is 0. The van der Waals surface area contributed by atoms with Gasteiger partial charge in [0.25, 0.3) is 5.91 Å². The minimum Gasteiger partial charge on any atom is -0.487 e. The smallest absolute Gasteiger partial charge is 0.341 e. The molecule has 1 aromatic rings. The number of nitrogens with zero attached hydrogens (tertiary/aromatic N) is 2. The molecule has 1 N–H and O–H groups in total. The van der Waals surface area contributed by atoms with Crippen molar-refractivity contribution < 1.29 is 19.4 Å². The van der Waals surface area contributed by atoms with Crippen LogP contribution in [0.2, 0.25) is 0 Å². The number of aromatic carboxylic acids is 1. The lowest BCUT2D eigenvalue weighted by Gasteiger charge is -2.45. The summed E-state index contributed by atoms with van der Waals surface area (Å²) < 4.78 is 7.34. The Labute approximate surface area is 157 Å². The number of pyridine rings is 1. The van der Waals surface area contributed by atoms with Crippen LogP contribution in [-0.2, 0) is 6.54 Å². The van der Waals surface area contributed by atoms with Crippen LogP contribution in [0.1, 0.15) is 73.2 Å². The zero-order valence-corrected chi connectivity index (χ0v) is 15.9. The molecular formula is C20H26N2O5. The molecule has 1 amide bonds. The van der Waals surface area contributed by atoms with Gasteiger partial charge in [0, 0.05) is 19.3 Å². The molecule has 2 fully saturated rings. The Morgan fingerprint density at radius 1 is 1.30 bits per heavy atom. The maximum absolute atomic E-state index is 13.4. The Balaban J connectivity index is 1.85. The zero-order chi connectivity index (χ0) is 19.4. The van der Waals surface area contributed by atoms with E-state index in [-0.39, 0.29) is 40.5 Å². The van der Waals surface area contributed by atoms with E-state index >= 15 is 0 Å². The number of fused-ring (bicyclic) bond motifs is 2. The molecule has 4 rings (SSSR count). The maximum atomic E-state index is 13.4. The van der Waals surface area contributed by atoms with Gasteiger partial charge in [-0.05, 0) is 31.1 Å². The summed E-state index contributed by atoms with van der Waals surface area (Å²) >= 11 is 0. The molecule has 1 aliphatic carbocycles. The van der Waals surface area contributed by atoms with Crippen molar-refractivity contribution in [3.63, 3.8) is 0 Å². The lowest BCUT2D eigenvalue weighted by atomic mass is 9.71. The molecule has 2 atom stereocenters. The van der Waals surface area contributed by atoms with Crippen LogP contribution in [0, 0.1) is 5.41 Å². The third-order valence-electron chi connectivity index (χ3n) is 6.42. The lowest BCUT2D eigenvalue weighted by molar-refractivity contribution is 0.0411. The fourth-order valence-electron chi connectivity index (χ4n) is 5.27. The van der Waals surface area contributed by atoms with Crippen LogP contribution in [-0.4, -0.2) is 45.1 Å². The number of amides is 1. The molecule has 3 aliphatic rings. The first kappa shape index (κ1) is 18.1. The van der Waals surface area contributed by atoms with Gasteiger partial charge in [0.1, 0.15) is 5.56 Å². The van der Waals surface area contributed by atoms with Crippen LogP contribution in [0.15, 0.2) is 11.0 Å². The minimum atomic E-state index is -1.29. The first-order valence-corrected chi connectivity index (χ1v) is 9.76. The Kier molecular flexibility index (Phi) is 4.09. The summed E-state index contributed by atoms with van der Waals surface area (Å²) in [6, 6.07) is 0. The molecule has 2 bridgehead atoms. The van der Waals surface area contributed by atoms with Gasteiger partial charge >= 0.3 is 5.97 Å². The van der Waals surface area contributed by atoms with E-state index in [1.807, 2.05) is 11.8 Å². The highest BCUT2D eigenvalue weighted by Gasteiger charge is 2.58. The van der Waals surface area contributed by atoms with Crippen LogP contribution in [0.25, 0.3) is 0 Å². The third kappa shape index (κ3) is 2.66. The van der Waals surface area contributed by atoms with E-state index in [4.69, 9.17) is 4.74 Å². The summed E-state index contributed by atoms with van der Waals surface area (Å²) in [6.45, 7) is 5.72. The topological polar surface area (TPSA) is 88.8 Å². The maximum Gasteiger partial charge on any atom is 0.341 e. The number of ether oxygens (including phenoxy) is 1. The standard InChI is InChI=1S/C20H26N2O5/c1-3-4-8-27-16-14-17(24)22-11-19(2)6-5-7-20(22,10-19)12-21(14)9-13(15(16)23)18(25)26/h9H,3-8,10-12H2,1-2H3,(H,25,26)/t19-,20+/m0/s1. The number of aromatic nitrogens is 1. The van der Waals surface area contributed by atoms with E-state index in [9.17, 15) is 19.5 Å². The number of rotatable bonds is 5. The van der Waals surface area contributed by atoms with Crippen LogP contribution < -0.4 is 10.2 Å². The minimum absolute atomic E-state index is 0.0929. The summed E-state index contributed by atoms with van der Waals surface area (Å²) in [6.07, 6.45) is 6.93. The molecule has 7 heteroatoms. The number of carbonyl (C=O) groups excluding carboxylic acids is 1. The van der Waals surface area contributed by atoms with Gasteiger partial charge in [-0.2, -0.15) is 0 Å². The number of hydrogen-bond acceptors (Lipinski definition) is 4. The zero-order valence-electron chi connectivity index (χ0n) is 15.9. The quantitative estimate of drug-likeness (QED) is 0.800. The van der Waals surface area contributed by atoms with Crippen molar-refractivity contribution in [1.29, 1.82) is 0 Å². The Morgan fingerprint density at radius 2 is 2.07 bits per heavy atom. The number of carboxylic acid groups (broad SMARTS) is 1. The van der Waals surface area contributed by atoms with Crippen LogP contribution in [0.4, 0.5) is 0 Å². The van der Waals surface area contributed by atoms with Crippen molar-refractivity contribution in [3.05, 3.63) is 27.7 Å². The molecule has 0 aromatic carbocycles. The van der Waals surface area contributed by atoms with Crippen LogP contribution in [0.3, 0.4) is 0 Å². The Bertz CT molecular complexity index is 876. The molecule has 0 radical (unpaired) electrons. The van der Waals surface area contributed by atoms with Gasteiger partial charge in [-0.25, -0.2) is 4.79 Å². The van der Waals surface area contributed by atoms with Gasteiger partial charge in [-0.15, -0.1) is 0 Å². The summed E-state index contributed by atoms with van der Waals surface area (Å²) in [5.41, 5.74) is -1.01. The number of unbranched alkanes of at least 4 members (excludes halogenated alkanes) is 1. The van der Waals surface area contributed by atoms with Gasteiger partial charge < -0.3 is 19.3 Å². The van der Waals surface area contributed by atoms with Crippen molar-refractivity contribution in [2.24, 2.45) is 5.41 Å². The highest BCUT2D eigenvalue weighted by Crippen LogP contribution is 2.54. The van der Waals surface area contributed by atoms with Crippen LogP contribution in [0.5, 0.6) is 5.75 Å². The van der Waals surface area contributed by atoms with Gasteiger partial charge in [0.05, 0.1) is 12.1 Å². The van der Waals surface area contributed by atoms with Crippen molar-refractivity contribution in [2.75, 3.05) is 13.2 Å². The molecule has 1 aromatic heterocycles. The average molecular weight is 374 g/mol. The van der Waals surface area contributed by atoms with E-state index < -0.39 is 11.4 Å².